The maximum atomic E-state index is 13.0. The van der Waals surface area contributed by atoms with E-state index in [2.05, 4.69) is 15.8 Å². The second kappa shape index (κ2) is 9.84. The van der Waals surface area contributed by atoms with Gasteiger partial charge in [0.1, 0.15) is 5.76 Å². The number of nitrogens with one attached hydrogen (secondary N) is 2. The van der Waals surface area contributed by atoms with Crippen LogP contribution >= 0.6 is 0 Å². The lowest BCUT2D eigenvalue weighted by Gasteiger charge is -2.26. The molecule has 1 heterocycles. The third-order valence-corrected chi connectivity index (χ3v) is 4.88. The van der Waals surface area contributed by atoms with Crippen molar-refractivity contribution < 1.29 is 14.1 Å². The van der Waals surface area contributed by atoms with Crippen LogP contribution in [0.25, 0.3) is 0 Å². The van der Waals surface area contributed by atoms with Crippen LogP contribution in [0.2, 0.25) is 0 Å². The first kappa shape index (κ1) is 21.3. The molecule has 156 valence electrons. The largest absolute Gasteiger partial charge is 0.360 e. The molecule has 0 bridgehead atoms. The Morgan fingerprint density at radius 2 is 1.60 bits per heavy atom. The number of anilines is 1. The zero-order valence-corrected chi connectivity index (χ0v) is 17.3. The number of benzene rings is 2. The van der Waals surface area contributed by atoms with E-state index in [1.54, 1.807) is 31.9 Å². The number of hydrogen-bond acceptors (Lipinski definition) is 5. The van der Waals surface area contributed by atoms with Crippen LogP contribution in [0, 0.1) is 6.92 Å². The average molecular weight is 406 g/mol. The fraction of sp³-hybridized carbons (Fsp3) is 0.261. The number of aryl methyl sites for hydroxylation is 1. The maximum absolute atomic E-state index is 13.0. The van der Waals surface area contributed by atoms with E-state index in [-0.39, 0.29) is 24.4 Å². The molecule has 0 saturated carbocycles. The summed E-state index contributed by atoms with van der Waals surface area (Å²) < 4.78 is 4.94. The minimum Gasteiger partial charge on any atom is -0.360 e. The van der Waals surface area contributed by atoms with Gasteiger partial charge in [-0.3, -0.25) is 14.5 Å². The summed E-state index contributed by atoms with van der Waals surface area (Å²) in [5.41, 5.74) is 1.98. The highest BCUT2D eigenvalue weighted by molar-refractivity contribution is 5.92. The summed E-state index contributed by atoms with van der Waals surface area (Å²) in [5.74, 6) is 0.531. The molecule has 0 saturated heterocycles. The van der Waals surface area contributed by atoms with Crippen molar-refractivity contribution in [2.24, 2.45) is 0 Å². The van der Waals surface area contributed by atoms with Crippen LogP contribution in [-0.2, 0) is 9.59 Å². The van der Waals surface area contributed by atoms with E-state index < -0.39 is 6.04 Å². The second-order valence-electron chi connectivity index (χ2n) is 7.23. The van der Waals surface area contributed by atoms with Crippen molar-refractivity contribution in [3.05, 3.63) is 83.6 Å². The molecule has 30 heavy (non-hydrogen) atoms. The molecule has 3 aromatic rings. The maximum Gasteiger partial charge on any atom is 0.239 e. The summed E-state index contributed by atoms with van der Waals surface area (Å²) in [7, 11) is 1.73. The molecule has 0 aliphatic rings. The van der Waals surface area contributed by atoms with Crippen LogP contribution in [0.3, 0.4) is 0 Å². The van der Waals surface area contributed by atoms with Gasteiger partial charge in [0.2, 0.25) is 11.8 Å². The van der Waals surface area contributed by atoms with E-state index in [1.165, 1.54) is 0 Å². The van der Waals surface area contributed by atoms with Crippen LogP contribution < -0.4 is 10.6 Å². The monoisotopic (exact) mass is 406 g/mol. The molecule has 0 spiro atoms. The summed E-state index contributed by atoms with van der Waals surface area (Å²) in [6.45, 7) is 3.56. The zero-order chi connectivity index (χ0) is 21.5. The minimum atomic E-state index is -0.510. The number of carbonyl (C=O) groups is 2. The predicted molar refractivity (Wildman–Crippen MR) is 115 cm³/mol. The summed E-state index contributed by atoms with van der Waals surface area (Å²) in [6.07, 6.45) is 0. The molecule has 2 aromatic carbocycles. The van der Waals surface area contributed by atoms with Crippen molar-refractivity contribution in [2.75, 3.05) is 18.9 Å². The number of rotatable bonds is 8. The van der Waals surface area contributed by atoms with E-state index >= 15 is 0 Å². The minimum absolute atomic E-state index is 0.0435. The number of carbonyl (C=O) groups excluding carboxylic acids is 2. The SMILES string of the molecule is Cc1cc(NC(=O)CN(C)[C@H](C)C(=O)NC(c2ccccc2)c2ccccc2)no1. The standard InChI is InChI=1S/C23H26N4O3/c1-16-14-20(26-30-16)24-21(28)15-27(3)17(2)23(29)25-22(18-10-6-4-7-11-18)19-12-8-5-9-13-19/h4-14,17,22H,15H2,1-3H3,(H,25,29)(H,24,26,28)/t17-/m1/s1. The third-order valence-electron chi connectivity index (χ3n) is 4.88. The van der Waals surface area contributed by atoms with Crippen molar-refractivity contribution in [1.29, 1.82) is 0 Å². The summed E-state index contributed by atoms with van der Waals surface area (Å²) in [4.78, 5) is 26.9. The molecule has 1 aromatic heterocycles. The zero-order valence-electron chi connectivity index (χ0n) is 17.3. The molecule has 0 unspecified atom stereocenters. The molecule has 2 amide bonds. The Bertz CT molecular complexity index is 933. The highest BCUT2D eigenvalue weighted by Crippen LogP contribution is 2.22. The summed E-state index contributed by atoms with van der Waals surface area (Å²) in [6, 6.07) is 20.5. The van der Waals surface area contributed by atoms with Crippen molar-refractivity contribution in [3.8, 4) is 0 Å². The van der Waals surface area contributed by atoms with Crippen LogP contribution in [0.1, 0.15) is 29.9 Å². The van der Waals surface area contributed by atoms with Crippen LogP contribution in [-0.4, -0.2) is 41.5 Å². The van der Waals surface area contributed by atoms with Gasteiger partial charge in [0.15, 0.2) is 5.82 Å². The van der Waals surface area contributed by atoms with Crippen LogP contribution in [0.15, 0.2) is 71.3 Å². The lowest BCUT2D eigenvalue weighted by Crippen LogP contribution is -2.47. The first-order chi connectivity index (χ1) is 14.4. The van der Waals surface area contributed by atoms with E-state index in [0.717, 1.165) is 11.1 Å². The Labute approximate surface area is 176 Å². The molecular weight excluding hydrogens is 380 g/mol. The number of hydrogen-bond donors (Lipinski definition) is 2. The smallest absolute Gasteiger partial charge is 0.239 e. The molecule has 1 atom stereocenters. The Morgan fingerprint density at radius 3 is 2.10 bits per heavy atom. The Morgan fingerprint density at radius 1 is 1.03 bits per heavy atom. The predicted octanol–water partition coefficient (Wildman–Crippen LogP) is 3.15. The fourth-order valence-corrected chi connectivity index (χ4v) is 3.08. The van der Waals surface area contributed by atoms with Gasteiger partial charge in [-0.15, -0.1) is 0 Å². The number of nitrogens with zero attached hydrogens (tertiary/aromatic N) is 2. The molecule has 7 heteroatoms. The quantitative estimate of drug-likeness (QED) is 0.600. The van der Waals surface area contributed by atoms with E-state index in [4.69, 9.17) is 4.52 Å². The Balaban J connectivity index is 1.65. The van der Waals surface area contributed by atoms with Gasteiger partial charge < -0.3 is 15.2 Å². The first-order valence-corrected chi connectivity index (χ1v) is 9.77. The molecule has 0 aliphatic carbocycles. The van der Waals surface area contributed by atoms with Gasteiger partial charge in [0.25, 0.3) is 0 Å². The normalized spacial score (nSPS) is 12.0. The lowest BCUT2D eigenvalue weighted by molar-refractivity contribution is -0.127. The topological polar surface area (TPSA) is 87.5 Å². The van der Waals surface area contributed by atoms with Gasteiger partial charge in [-0.05, 0) is 32.0 Å². The van der Waals surface area contributed by atoms with Gasteiger partial charge in [-0.25, -0.2) is 0 Å². The molecule has 0 radical (unpaired) electrons. The van der Waals surface area contributed by atoms with Crippen molar-refractivity contribution >= 4 is 17.6 Å². The number of aromatic nitrogens is 1. The van der Waals surface area contributed by atoms with Gasteiger partial charge in [0.05, 0.1) is 18.6 Å². The van der Waals surface area contributed by atoms with Gasteiger partial charge in [-0.1, -0.05) is 65.8 Å². The van der Waals surface area contributed by atoms with E-state index in [1.807, 2.05) is 60.7 Å². The van der Waals surface area contributed by atoms with Crippen LogP contribution in [0.4, 0.5) is 5.82 Å². The molecule has 0 fully saturated rings. The molecule has 0 aliphatic heterocycles. The van der Waals surface area contributed by atoms with Gasteiger partial charge >= 0.3 is 0 Å². The summed E-state index contributed by atoms with van der Waals surface area (Å²) >= 11 is 0. The van der Waals surface area contributed by atoms with Crippen molar-refractivity contribution in [2.45, 2.75) is 25.9 Å². The average Bonchev–Trinajstić information content (AvgIpc) is 3.16. The first-order valence-electron chi connectivity index (χ1n) is 9.77. The van der Waals surface area contributed by atoms with E-state index in [0.29, 0.717) is 11.6 Å². The van der Waals surface area contributed by atoms with E-state index in [9.17, 15) is 9.59 Å². The third kappa shape index (κ3) is 5.55. The summed E-state index contributed by atoms with van der Waals surface area (Å²) in [5, 5.41) is 9.52. The van der Waals surface area contributed by atoms with Gasteiger partial charge in [0, 0.05) is 6.07 Å². The van der Waals surface area contributed by atoms with Crippen molar-refractivity contribution in [1.82, 2.24) is 15.4 Å². The molecule has 3 rings (SSSR count). The highest BCUT2D eigenvalue weighted by Gasteiger charge is 2.24. The second-order valence-corrected chi connectivity index (χ2v) is 7.23. The molecule has 7 nitrogen and oxygen atoms in total. The van der Waals surface area contributed by atoms with Crippen molar-refractivity contribution in [3.63, 3.8) is 0 Å². The van der Waals surface area contributed by atoms with Crippen LogP contribution in [0.5, 0.6) is 0 Å². The molecular formula is C23H26N4O3. The molecule has 2 N–H and O–H groups in total. The Kier molecular flexibility index (Phi) is 6.98. The number of likely N-dealkylation sites (N-methyl/N-ethyl adjacent to an activating group) is 1. The van der Waals surface area contributed by atoms with Gasteiger partial charge in [-0.2, -0.15) is 0 Å². The Hall–Kier alpha value is -3.45. The fourth-order valence-electron chi connectivity index (χ4n) is 3.08. The highest BCUT2D eigenvalue weighted by atomic mass is 16.5. The number of amides is 2. The lowest BCUT2D eigenvalue weighted by atomic mass is 9.98.